The molecule has 0 amide bonds. The molecule has 0 bridgehead atoms. The summed E-state index contributed by atoms with van der Waals surface area (Å²) in [4.78, 5) is 9.62. The molecule has 0 aromatic carbocycles. The quantitative estimate of drug-likeness (QED) is 0.340. The highest BCUT2D eigenvalue weighted by Gasteiger charge is 2.09. The Morgan fingerprint density at radius 1 is 1.80 bits per heavy atom. The number of rotatable bonds is 3. The smallest absolute Gasteiger partial charge is 0.314 e. The van der Waals surface area contributed by atoms with Crippen molar-refractivity contribution in [1.82, 2.24) is 0 Å². The van der Waals surface area contributed by atoms with Crippen molar-refractivity contribution in [3.05, 3.63) is 17.5 Å². The number of carboxylic acids is 1. The second-order valence-electron chi connectivity index (χ2n) is 1.50. The molecule has 56 valence electrons. The summed E-state index contributed by atoms with van der Waals surface area (Å²) in [5.74, 6) is -1.20. The van der Waals surface area contributed by atoms with Crippen molar-refractivity contribution in [2.24, 2.45) is 5.28 Å². The van der Waals surface area contributed by atoms with Gasteiger partial charge in [0.1, 0.15) is 6.42 Å². The van der Waals surface area contributed by atoms with Gasteiger partial charge in [0.25, 0.3) is 0 Å². The summed E-state index contributed by atoms with van der Waals surface area (Å²) in [7, 11) is 0. The fraction of sp³-hybridized carbons (Fsp3) is 0.250. The Bertz CT molecular complexity index is 186. The third-order valence-corrected chi connectivity index (χ3v) is 0.707. The molecule has 0 aliphatic carbocycles. The van der Waals surface area contributed by atoms with Gasteiger partial charge in [0.15, 0.2) is 0 Å². The molecule has 0 rings (SSSR count). The van der Waals surface area contributed by atoms with Gasteiger partial charge in [0, 0.05) is 0 Å². The summed E-state index contributed by atoms with van der Waals surface area (Å²) >= 11 is 0. The van der Waals surface area contributed by atoms with Gasteiger partial charge in [-0.2, -0.15) is 0 Å². The lowest BCUT2D eigenvalue weighted by Crippen LogP contribution is -2.05. The van der Waals surface area contributed by atoms with Crippen molar-refractivity contribution in [2.45, 2.75) is 6.42 Å². The molecule has 0 aromatic rings. The van der Waals surface area contributed by atoms with Crippen molar-refractivity contribution < 1.29 is 20.0 Å². The molecule has 6 nitrogen and oxygen atoms in total. The molecule has 0 heterocycles. The number of carboxylic acid groups (broad SMARTS) is 1. The molecule has 0 unspecified atom stereocenters. The Labute approximate surface area is 56.3 Å². The zero-order chi connectivity index (χ0) is 8.15. The number of hydrogen-bond donors (Lipinski definition) is 2. The van der Waals surface area contributed by atoms with E-state index in [1.54, 1.807) is 0 Å². The van der Waals surface area contributed by atoms with Crippen LogP contribution in [-0.2, 0) is 4.79 Å². The van der Waals surface area contributed by atoms with E-state index < -0.39 is 12.4 Å². The zero-order valence-corrected chi connectivity index (χ0v) is 5.02. The van der Waals surface area contributed by atoms with Gasteiger partial charge in [-0.3, -0.25) is 4.79 Å². The maximum Gasteiger partial charge on any atom is 0.314 e. The van der Waals surface area contributed by atoms with Crippen LogP contribution in [0, 0.1) is 5.21 Å². The molecular formula is C4H6N2O4. The van der Waals surface area contributed by atoms with Gasteiger partial charge in [-0.15, -0.1) is 0 Å². The van der Waals surface area contributed by atoms with Gasteiger partial charge in [-0.1, -0.05) is 0 Å². The van der Waals surface area contributed by atoms with E-state index in [1.807, 2.05) is 0 Å². The fourth-order valence-electron chi connectivity index (χ4n) is 0.305. The van der Waals surface area contributed by atoms with Gasteiger partial charge < -0.3 is 15.5 Å². The Morgan fingerprint density at radius 2 is 2.30 bits per heavy atom. The molecule has 0 fully saturated rings. The van der Waals surface area contributed by atoms with Crippen molar-refractivity contribution in [3.8, 4) is 0 Å². The van der Waals surface area contributed by atoms with E-state index in [-0.39, 0.29) is 10.6 Å². The topological polar surface area (TPSA) is 96.0 Å². The molecule has 0 aliphatic rings. The van der Waals surface area contributed by atoms with Gasteiger partial charge in [-0.25, -0.2) is 0 Å². The van der Waals surface area contributed by atoms with Crippen LogP contribution >= 0.6 is 0 Å². The largest absolute Gasteiger partial charge is 0.592 e. The summed E-state index contributed by atoms with van der Waals surface area (Å²) in [6.07, 6.45) is -0.534. The van der Waals surface area contributed by atoms with Gasteiger partial charge in [0.05, 0.1) is 0 Å². The monoisotopic (exact) mass is 146 g/mol. The number of carbonyl (C=O) groups is 1. The molecular weight excluding hydrogens is 140 g/mol. The van der Waals surface area contributed by atoms with E-state index in [0.717, 1.165) is 0 Å². The van der Waals surface area contributed by atoms with E-state index >= 15 is 0 Å². The van der Waals surface area contributed by atoms with Crippen molar-refractivity contribution in [2.75, 3.05) is 0 Å². The average Bonchev–Trinajstić information content (AvgIpc) is 1.85. The highest BCUT2D eigenvalue weighted by Crippen LogP contribution is 1.98. The lowest BCUT2D eigenvalue weighted by Gasteiger charge is -1.95. The van der Waals surface area contributed by atoms with Crippen LogP contribution in [0.4, 0.5) is 0 Å². The molecule has 0 saturated carbocycles. The Morgan fingerprint density at radius 3 is 2.60 bits per heavy atom. The normalized spacial score (nSPS) is 11.0. The van der Waals surface area contributed by atoms with Crippen LogP contribution in [0.5, 0.6) is 0 Å². The molecule has 2 N–H and O–H groups in total. The number of nitrogens with zero attached hydrogens (tertiary/aromatic N) is 2. The third-order valence-electron chi connectivity index (χ3n) is 0.707. The minimum atomic E-state index is -1.20. The second-order valence-corrected chi connectivity index (χ2v) is 1.50. The van der Waals surface area contributed by atoms with Crippen LogP contribution in [0.1, 0.15) is 6.42 Å². The first-order valence-electron chi connectivity index (χ1n) is 2.29. The van der Waals surface area contributed by atoms with Crippen LogP contribution in [0.25, 0.3) is 0 Å². The van der Waals surface area contributed by atoms with E-state index in [2.05, 4.69) is 11.9 Å². The van der Waals surface area contributed by atoms with Crippen LogP contribution in [-0.4, -0.2) is 21.1 Å². The zero-order valence-electron chi connectivity index (χ0n) is 5.02. The SMILES string of the molecule is C=C(CC(=O)O)[N+]([O-])=NO. The average molecular weight is 146 g/mol. The second kappa shape index (κ2) is 3.44. The minimum Gasteiger partial charge on any atom is -0.592 e. The molecule has 0 aromatic heterocycles. The predicted molar refractivity (Wildman–Crippen MR) is 29.2 cm³/mol. The Balaban J connectivity index is 3.99. The summed E-state index contributed by atoms with van der Waals surface area (Å²) in [5.41, 5.74) is -0.324. The maximum atomic E-state index is 10.2. The molecule has 0 radical (unpaired) electrons. The summed E-state index contributed by atoms with van der Waals surface area (Å²) in [6.45, 7) is 3.04. The Hall–Kier alpha value is -1.59. The van der Waals surface area contributed by atoms with Crippen LogP contribution in [0.15, 0.2) is 17.6 Å². The molecule has 0 atom stereocenters. The first kappa shape index (κ1) is 8.41. The van der Waals surface area contributed by atoms with E-state index in [4.69, 9.17) is 10.3 Å². The van der Waals surface area contributed by atoms with Gasteiger partial charge in [-0.05, 0) is 11.4 Å². The van der Waals surface area contributed by atoms with E-state index in [1.165, 1.54) is 0 Å². The van der Waals surface area contributed by atoms with Crippen molar-refractivity contribution >= 4 is 5.97 Å². The molecule has 0 aliphatic heterocycles. The predicted octanol–water partition coefficient (Wildman–Crippen LogP) is 0.326. The lowest BCUT2D eigenvalue weighted by atomic mass is 10.4. The number of aliphatic carboxylic acids is 1. The fourth-order valence-corrected chi connectivity index (χ4v) is 0.305. The standard InChI is InChI=1S/C4H6N2O4/c1-3(2-4(7)8)6(10)5-9/h9H,1-2H2,(H,7,8). The first-order valence-corrected chi connectivity index (χ1v) is 2.29. The van der Waals surface area contributed by atoms with Gasteiger partial charge in [0.2, 0.25) is 11.0 Å². The Kier molecular flexibility index (Phi) is 2.89. The maximum absolute atomic E-state index is 10.2. The number of hydrogen-bond acceptors (Lipinski definition) is 3. The molecule has 10 heavy (non-hydrogen) atoms. The van der Waals surface area contributed by atoms with Crippen molar-refractivity contribution in [1.29, 1.82) is 0 Å². The third kappa shape index (κ3) is 2.65. The highest BCUT2D eigenvalue weighted by molar-refractivity contribution is 5.69. The summed E-state index contributed by atoms with van der Waals surface area (Å²) in [5, 5.41) is 28.2. The van der Waals surface area contributed by atoms with Crippen molar-refractivity contribution in [3.63, 3.8) is 0 Å². The van der Waals surface area contributed by atoms with E-state index in [9.17, 15) is 10.0 Å². The summed E-state index contributed by atoms with van der Waals surface area (Å²) in [6, 6.07) is 0. The molecule has 0 spiro atoms. The first-order chi connectivity index (χ1) is 4.57. The van der Waals surface area contributed by atoms with Gasteiger partial charge >= 0.3 is 5.97 Å². The van der Waals surface area contributed by atoms with Crippen LogP contribution in [0.2, 0.25) is 0 Å². The number of hydroxylamine groups is 1. The highest BCUT2D eigenvalue weighted by atomic mass is 16.6. The minimum absolute atomic E-state index is 0.256. The molecule has 0 saturated heterocycles. The van der Waals surface area contributed by atoms with Crippen LogP contribution in [0.3, 0.4) is 0 Å². The lowest BCUT2D eigenvalue weighted by molar-refractivity contribution is -0.508. The van der Waals surface area contributed by atoms with Crippen LogP contribution < -0.4 is 0 Å². The summed E-state index contributed by atoms with van der Waals surface area (Å²) < 4.78 is 0. The molecule has 6 heteroatoms. The van der Waals surface area contributed by atoms with E-state index in [0.29, 0.717) is 0 Å².